The van der Waals surface area contributed by atoms with Crippen LogP contribution in [-0.2, 0) is 12.8 Å². The number of amides is 1. The van der Waals surface area contributed by atoms with Gasteiger partial charge >= 0.3 is 0 Å². The number of carbonyl (C=O) groups is 1. The Bertz CT molecular complexity index is 1080. The van der Waals surface area contributed by atoms with Crippen LogP contribution < -0.4 is 5.32 Å². The third kappa shape index (κ3) is 6.24. The van der Waals surface area contributed by atoms with Gasteiger partial charge in [-0.3, -0.25) is 4.79 Å². The zero-order chi connectivity index (χ0) is 24.6. The van der Waals surface area contributed by atoms with Crippen molar-refractivity contribution >= 4 is 5.91 Å². The highest BCUT2D eigenvalue weighted by Crippen LogP contribution is 2.33. The zero-order valence-corrected chi connectivity index (χ0v) is 21.7. The Morgan fingerprint density at radius 1 is 1.03 bits per heavy atom. The van der Waals surface area contributed by atoms with Gasteiger partial charge in [-0.25, -0.2) is 0 Å². The third-order valence-electron chi connectivity index (χ3n) is 7.46. The van der Waals surface area contributed by atoms with Crippen molar-refractivity contribution in [3.8, 4) is 16.9 Å². The second-order valence-electron chi connectivity index (χ2n) is 10.0. The topological polar surface area (TPSA) is 37.3 Å². The average Bonchev–Trinajstić information content (AvgIpc) is 3.29. The molecule has 3 aromatic rings. The highest BCUT2D eigenvalue weighted by atomic mass is 16.1. The number of fused-ring (bicyclic) bond motifs is 1. The normalized spacial score (nSPS) is 14.1. The summed E-state index contributed by atoms with van der Waals surface area (Å²) in [6.45, 7) is 6.24. The minimum Gasteiger partial charge on any atom is -0.352 e. The number of nitrogens with one attached hydrogen (secondary N) is 1. The van der Waals surface area contributed by atoms with Crippen LogP contribution in [0.25, 0.3) is 16.9 Å². The highest BCUT2D eigenvalue weighted by Gasteiger charge is 2.20. The summed E-state index contributed by atoms with van der Waals surface area (Å²) >= 11 is 0. The van der Waals surface area contributed by atoms with Crippen molar-refractivity contribution in [2.75, 3.05) is 20.1 Å². The molecule has 0 spiro atoms. The first-order valence-corrected chi connectivity index (χ1v) is 13.5. The van der Waals surface area contributed by atoms with E-state index in [9.17, 15) is 4.79 Å². The van der Waals surface area contributed by atoms with Crippen molar-refractivity contribution in [3.05, 3.63) is 77.5 Å². The molecule has 1 N–H and O–H groups in total. The molecule has 4 heteroatoms. The van der Waals surface area contributed by atoms with Crippen LogP contribution in [0.4, 0.5) is 0 Å². The van der Waals surface area contributed by atoms with Crippen LogP contribution in [0.5, 0.6) is 0 Å². The number of nitrogens with zero attached hydrogens (tertiary/aromatic N) is 2. The number of benzene rings is 2. The summed E-state index contributed by atoms with van der Waals surface area (Å²) in [4.78, 5) is 15.2. The standard InChI is InChI=1S/C31H41N3O/c1-4-5-12-24(2)33(3)22-11-21-32-31(35)26-17-19-28(20-18-26)34-29-16-10-9-15-27(29)23-30(34)25-13-7-6-8-14-25/h6-8,13-14,17-20,23-24H,4-5,9-12,15-16,21-22H2,1-3H3,(H,32,35). The van der Waals surface area contributed by atoms with Gasteiger partial charge < -0.3 is 14.8 Å². The molecule has 0 saturated heterocycles. The van der Waals surface area contributed by atoms with Gasteiger partial charge in [0.1, 0.15) is 0 Å². The predicted molar refractivity (Wildman–Crippen MR) is 146 cm³/mol. The number of aryl methyl sites for hydroxylation is 1. The molecule has 1 heterocycles. The number of rotatable bonds is 11. The van der Waals surface area contributed by atoms with Gasteiger partial charge in [-0.2, -0.15) is 0 Å². The Kier molecular flexibility index (Phi) is 8.81. The Morgan fingerprint density at radius 2 is 1.77 bits per heavy atom. The maximum absolute atomic E-state index is 12.8. The van der Waals surface area contributed by atoms with Gasteiger partial charge in [-0.1, -0.05) is 50.1 Å². The van der Waals surface area contributed by atoms with Gasteiger partial charge in [0.05, 0.1) is 5.69 Å². The number of hydrogen-bond acceptors (Lipinski definition) is 2. The van der Waals surface area contributed by atoms with Crippen LogP contribution in [0.15, 0.2) is 60.7 Å². The smallest absolute Gasteiger partial charge is 0.251 e. The lowest BCUT2D eigenvalue weighted by Crippen LogP contribution is -2.33. The molecular formula is C31H41N3O. The van der Waals surface area contributed by atoms with Gasteiger partial charge in [-0.05, 0) is 100 Å². The molecule has 1 aliphatic rings. The van der Waals surface area contributed by atoms with E-state index in [1.54, 1.807) is 0 Å². The van der Waals surface area contributed by atoms with E-state index in [-0.39, 0.29) is 5.91 Å². The molecule has 0 bridgehead atoms. The zero-order valence-electron chi connectivity index (χ0n) is 21.7. The lowest BCUT2D eigenvalue weighted by atomic mass is 9.98. The average molecular weight is 472 g/mol. The maximum Gasteiger partial charge on any atom is 0.251 e. The van der Waals surface area contributed by atoms with E-state index in [0.29, 0.717) is 12.6 Å². The van der Waals surface area contributed by atoms with Gasteiger partial charge in [0.2, 0.25) is 0 Å². The predicted octanol–water partition coefficient (Wildman–Crippen LogP) is 6.65. The number of hydrogen-bond donors (Lipinski definition) is 1. The Labute approximate surface area is 211 Å². The summed E-state index contributed by atoms with van der Waals surface area (Å²) in [7, 11) is 2.19. The highest BCUT2D eigenvalue weighted by molar-refractivity contribution is 5.94. The summed E-state index contributed by atoms with van der Waals surface area (Å²) in [6.07, 6.45) is 9.47. The third-order valence-corrected chi connectivity index (χ3v) is 7.46. The van der Waals surface area contributed by atoms with Crippen LogP contribution in [-0.4, -0.2) is 41.6 Å². The van der Waals surface area contributed by atoms with E-state index in [1.165, 1.54) is 54.6 Å². The summed E-state index contributed by atoms with van der Waals surface area (Å²) in [5.41, 5.74) is 7.21. The van der Waals surface area contributed by atoms with E-state index < -0.39 is 0 Å². The molecule has 0 saturated carbocycles. The summed E-state index contributed by atoms with van der Waals surface area (Å²) < 4.78 is 2.40. The minimum atomic E-state index is 0.0102. The summed E-state index contributed by atoms with van der Waals surface area (Å²) in [5.74, 6) is 0.0102. The van der Waals surface area contributed by atoms with Crippen molar-refractivity contribution in [2.24, 2.45) is 0 Å². The van der Waals surface area contributed by atoms with Crippen LogP contribution in [0.3, 0.4) is 0 Å². The van der Waals surface area contributed by atoms with E-state index in [4.69, 9.17) is 0 Å². The van der Waals surface area contributed by atoms with E-state index in [1.807, 2.05) is 12.1 Å². The first-order chi connectivity index (χ1) is 17.1. The monoisotopic (exact) mass is 471 g/mol. The van der Waals surface area contributed by atoms with E-state index in [2.05, 4.69) is 84.2 Å². The number of unbranched alkanes of at least 4 members (excludes halogenated alkanes) is 1. The fourth-order valence-electron chi connectivity index (χ4n) is 5.15. The van der Waals surface area contributed by atoms with Gasteiger partial charge in [0.15, 0.2) is 0 Å². The molecule has 35 heavy (non-hydrogen) atoms. The maximum atomic E-state index is 12.8. The second kappa shape index (κ2) is 12.2. The van der Waals surface area contributed by atoms with Crippen molar-refractivity contribution < 1.29 is 4.79 Å². The van der Waals surface area contributed by atoms with Crippen molar-refractivity contribution in [1.29, 1.82) is 0 Å². The quantitative estimate of drug-likeness (QED) is 0.318. The van der Waals surface area contributed by atoms with Crippen molar-refractivity contribution in [3.63, 3.8) is 0 Å². The second-order valence-corrected chi connectivity index (χ2v) is 10.0. The lowest BCUT2D eigenvalue weighted by Gasteiger charge is -2.24. The lowest BCUT2D eigenvalue weighted by molar-refractivity contribution is 0.0951. The van der Waals surface area contributed by atoms with Gasteiger partial charge in [0.25, 0.3) is 5.91 Å². The fraction of sp³-hybridized carbons (Fsp3) is 0.452. The molecule has 1 atom stereocenters. The molecule has 1 aromatic heterocycles. The van der Waals surface area contributed by atoms with Crippen molar-refractivity contribution in [1.82, 2.24) is 14.8 Å². The fourth-order valence-corrected chi connectivity index (χ4v) is 5.15. The summed E-state index contributed by atoms with van der Waals surface area (Å²) in [6, 6.07) is 21.7. The molecule has 0 aliphatic heterocycles. The minimum absolute atomic E-state index is 0.0102. The van der Waals surface area contributed by atoms with E-state index >= 15 is 0 Å². The molecule has 0 fully saturated rings. The van der Waals surface area contributed by atoms with Crippen LogP contribution in [0.1, 0.15) is 74.0 Å². The molecule has 0 radical (unpaired) electrons. The van der Waals surface area contributed by atoms with Crippen LogP contribution in [0, 0.1) is 0 Å². The van der Waals surface area contributed by atoms with E-state index in [0.717, 1.165) is 37.1 Å². The SMILES string of the molecule is CCCCC(C)N(C)CCCNC(=O)c1ccc(-n2c(-c3ccccc3)cc3c2CCCC3)cc1. The number of carbonyl (C=O) groups excluding carboxylic acids is 1. The molecule has 4 rings (SSSR count). The molecule has 1 amide bonds. The molecule has 4 nitrogen and oxygen atoms in total. The van der Waals surface area contributed by atoms with Crippen LogP contribution >= 0.6 is 0 Å². The summed E-state index contributed by atoms with van der Waals surface area (Å²) in [5, 5.41) is 3.11. The first kappa shape index (κ1) is 25.2. The molecule has 1 aliphatic carbocycles. The molecule has 186 valence electrons. The van der Waals surface area contributed by atoms with Gasteiger partial charge in [-0.15, -0.1) is 0 Å². The van der Waals surface area contributed by atoms with Crippen molar-refractivity contribution in [2.45, 2.75) is 71.3 Å². The van der Waals surface area contributed by atoms with Crippen LogP contribution in [0.2, 0.25) is 0 Å². The largest absolute Gasteiger partial charge is 0.352 e. The Morgan fingerprint density at radius 3 is 2.51 bits per heavy atom. The molecule has 2 aromatic carbocycles. The first-order valence-electron chi connectivity index (χ1n) is 13.5. The van der Waals surface area contributed by atoms with Gasteiger partial charge in [0, 0.05) is 29.5 Å². The molecular weight excluding hydrogens is 430 g/mol. The Hall–Kier alpha value is -2.85. The Balaban J connectivity index is 1.40. The number of aromatic nitrogens is 1. The molecule has 1 unspecified atom stereocenters.